The van der Waals surface area contributed by atoms with Crippen LogP contribution in [0.5, 0.6) is 0 Å². The minimum absolute atomic E-state index is 0.0608. The van der Waals surface area contributed by atoms with Crippen molar-refractivity contribution in [2.45, 2.75) is 44.0 Å². The lowest BCUT2D eigenvalue weighted by Gasteiger charge is -2.36. The van der Waals surface area contributed by atoms with Crippen LogP contribution in [0.25, 0.3) is 0 Å². The molecule has 0 saturated carbocycles. The van der Waals surface area contributed by atoms with E-state index in [1.165, 1.54) is 20.2 Å². The van der Waals surface area contributed by atoms with Gasteiger partial charge in [0.05, 0.1) is 12.7 Å². The summed E-state index contributed by atoms with van der Waals surface area (Å²) in [6, 6.07) is 8.46. The number of nitrogens with zero attached hydrogens (tertiary/aromatic N) is 2. The smallest absolute Gasteiger partial charge is 0.351 e. The lowest BCUT2D eigenvalue weighted by atomic mass is 9.88. The SMILES string of the molecule is COC(C)[C@@]1(O)[C@H](O)[C@@H](CO)O[C@H]1n1cc(C)c(NC(=O)c2ccccc2)nc1=O. The highest BCUT2D eigenvalue weighted by Gasteiger charge is 2.59. The molecule has 1 amide bonds. The van der Waals surface area contributed by atoms with Gasteiger partial charge >= 0.3 is 5.69 Å². The van der Waals surface area contributed by atoms with Crippen molar-refractivity contribution in [3.05, 3.63) is 58.1 Å². The highest BCUT2D eigenvalue weighted by Crippen LogP contribution is 2.41. The molecule has 5 atom stereocenters. The summed E-state index contributed by atoms with van der Waals surface area (Å²) in [5, 5.41) is 33.7. The maximum absolute atomic E-state index is 12.7. The van der Waals surface area contributed by atoms with Crippen molar-refractivity contribution in [1.82, 2.24) is 9.55 Å². The van der Waals surface area contributed by atoms with Gasteiger partial charge in [-0.25, -0.2) is 4.79 Å². The van der Waals surface area contributed by atoms with Crippen LogP contribution < -0.4 is 11.0 Å². The van der Waals surface area contributed by atoms with Gasteiger partial charge in [0.15, 0.2) is 11.8 Å². The summed E-state index contributed by atoms with van der Waals surface area (Å²) in [4.78, 5) is 29.0. The van der Waals surface area contributed by atoms with Crippen molar-refractivity contribution in [2.24, 2.45) is 0 Å². The van der Waals surface area contributed by atoms with Gasteiger partial charge in [0, 0.05) is 24.4 Å². The molecule has 0 spiro atoms. The van der Waals surface area contributed by atoms with Gasteiger partial charge in [0.25, 0.3) is 5.91 Å². The molecular formula is C20H25N3O7. The van der Waals surface area contributed by atoms with Crippen LogP contribution in [-0.4, -0.2) is 68.4 Å². The summed E-state index contributed by atoms with van der Waals surface area (Å²) >= 11 is 0. The van der Waals surface area contributed by atoms with Gasteiger partial charge in [-0.3, -0.25) is 9.36 Å². The summed E-state index contributed by atoms with van der Waals surface area (Å²) in [7, 11) is 1.34. The van der Waals surface area contributed by atoms with Gasteiger partial charge in [0.1, 0.15) is 18.0 Å². The molecule has 1 aliphatic rings. The minimum Gasteiger partial charge on any atom is -0.394 e. The topological polar surface area (TPSA) is 143 Å². The van der Waals surface area contributed by atoms with E-state index in [2.05, 4.69) is 10.3 Å². The van der Waals surface area contributed by atoms with Crippen LogP contribution in [-0.2, 0) is 9.47 Å². The molecule has 30 heavy (non-hydrogen) atoms. The standard InChI is InChI=1S/C20H25N3O7/c1-11-9-23(18-20(28,12(2)29-3)15(25)14(10-24)30-18)19(27)22-16(11)21-17(26)13-7-5-4-6-8-13/h4-9,12,14-15,18,24-25,28H,10H2,1-3H3,(H,21,22,26,27)/t12?,14-,15-,18-,20-/m1/s1. The van der Waals surface area contributed by atoms with E-state index >= 15 is 0 Å². The van der Waals surface area contributed by atoms with E-state index in [9.17, 15) is 24.9 Å². The van der Waals surface area contributed by atoms with Crippen LogP contribution in [0.1, 0.15) is 29.1 Å². The Morgan fingerprint density at radius 2 is 2.07 bits per heavy atom. The number of hydrogen-bond donors (Lipinski definition) is 4. The molecular weight excluding hydrogens is 394 g/mol. The molecule has 1 saturated heterocycles. The van der Waals surface area contributed by atoms with E-state index in [1.54, 1.807) is 37.3 Å². The maximum Gasteiger partial charge on any atom is 0.351 e. The number of nitrogens with one attached hydrogen (secondary N) is 1. The van der Waals surface area contributed by atoms with Crippen LogP contribution >= 0.6 is 0 Å². The highest BCUT2D eigenvalue weighted by molar-refractivity contribution is 6.03. The average molecular weight is 419 g/mol. The molecule has 1 aromatic carbocycles. The first-order valence-corrected chi connectivity index (χ1v) is 9.39. The molecule has 10 nitrogen and oxygen atoms in total. The zero-order valence-electron chi connectivity index (χ0n) is 16.8. The second kappa shape index (κ2) is 8.62. The predicted molar refractivity (Wildman–Crippen MR) is 106 cm³/mol. The highest BCUT2D eigenvalue weighted by atomic mass is 16.6. The number of aryl methyl sites for hydroxylation is 1. The lowest BCUT2D eigenvalue weighted by molar-refractivity contribution is -0.175. The van der Waals surface area contributed by atoms with Gasteiger partial charge in [-0.05, 0) is 26.0 Å². The zero-order valence-corrected chi connectivity index (χ0v) is 16.8. The second-order valence-corrected chi connectivity index (χ2v) is 7.20. The van der Waals surface area contributed by atoms with Crippen LogP contribution in [0.15, 0.2) is 41.3 Å². The van der Waals surface area contributed by atoms with Crippen molar-refractivity contribution in [3.8, 4) is 0 Å². The number of aromatic nitrogens is 2. The number of anilines is 1. The Balaban J connectivity index is 1.96. The van der Waals surface area contributed by atoms with E-state index in [0.717, 1.165) is 4.57 Å². The Morgan fingerprint density at radius 1 is 1.40 bits per heavy atom. The van der Waals surface area contributed by atoms with Gasteiger partial charge in [-0.2, -0.15) is 4.98 Å². The number of aliphatic hydroxyl groups is 3. The van der Waals surface area contributed by atoms with Crippen LogP contribution in [0, 0.1) is 6.92 Å². The Hall–Kier alpha value is -2.63. The van der Waals surface area contributed by atoms with Crippen molar-refractivity contribution < 1.29 is 29.6 Å². The van der Waals surface area contributed by atoms with Crippen LogP contribution in [0.3, 0.4) is 0 Å². The molecule has 2 heterocycles. The Kier molecular flexibility index (Phi) is 6.34. The summed E-state index contributed by atoms with van der Waals surface area (Å²) in [5.41, 5.74) is -2.01. The number of rotatable bonds is 6. The number of ether oxygens (including phenoxy) is 2. The number of carbonyl (C=O) groups is 1. The zero-order chi connectivity index (χ0) is 22.1. The molecule has 1 fully saturated rings. The number of benzene rings is 1. The largest absolute Gasteiger partial charge is 0.394 e. The first-order valence-electron chi connectivity index (χ1n) is 9.39. The molecule has 0 radical (unpaired) electrons. The monoisotopic (exact) mass is 419 g/mol. The molecule has 1 aliphatic heterocycles. The summed E-state index contributed by atoms with van der Waals surface area (Å²) in [6.07, 6.45) is -3.56. The molecule has 1 unspecified atom stereocenters. The molecule has 1 aromatic heterocycles. The fraction of sp³-hybridized carbons (Fsp3) is 0.450. The Labute approximate surface area is 172 Å². The maximum atomic E-state index is 12.7. The molecule has 4 N–H and O–H groups in total. The van der Waals surface area contributed by atoms with Crippen molar-refractivity contribution in [3.63, 3.8) is 0 Å². The van der Waals surface area contributed by atoms with E-state index < -0.39 is 48.3 Å². The second-order valence-electron chi connectivity index (χ2n) is 7.20. The fourth-order valence-corrected chi connectivity index (χ4v) is 3.48. The van der Waals surface area contributed by atoms with Crippen molar-refractivity contribution in [2.75, 3.05) is 19.0 Å². The van der Waals surface area contributed by atoms with Gasteiger partial charge in [-0.1, -0.05) is 18.2 Å². The fourth-order valence-electron chi connectivity index (χ4n) is 3.48. The number of methoxy groups -OCH3 is 1. The van der Waals surface area contributed by atoms with E-state index in [4.69, 9.17) is 9.47 Å². The molecule has 162 valence electrons. The molecule has 0 aliphatic carbocycles. The average Bonchev–Trinajstić information content (AvgIpc) is 3.01. The Morgan fingerprint density at radius 3 is 2.67 bits per heavy atom. The number of carbonyl (C=O) groups excluding carboxylic acids is 1. The number of hydrogen-bond acceptors (Lipinski definition) is 8. The third-order valence-electron chi connectivity index (χ3n) is 5.37. The van der Waals surface area contributed by atoms with E-state index in [-0.39, 0.29) is 5.82 Å². The molecule has 10 heteroatoms. The van der Waals surface area contributed by atoms with E-state index in [1.807, 2.05) is 0 Å². The van der Waals surface area contributed by atoms with E-state index in [0.29, 0.717) is 11.1 Å². The van der Waals surface area contributed by atoms with Gasteiger partial charge in [0.2, 0.25) is 0 Å². The van der Waals surface area contributed by atoms with Gasteiger partial charge < -0.3 is 30.1 Å². The summed E-state index contributed by atoms with van der Waals surface area (Å²) < 4.78 is 11.8. The minimum atomic E-state index is -2.02. The Bertz CT molecular complexity index is 965. The van der Waals surface area contributed by atoms with Crippen LogP contribution in [0.2, 0.25) is 0 Å². The predicted octanol–water partition coefficient (Wildman–Crippen LogP) is -0.179. The third kappa shape index (κ3) is 3.75. The first-order chi connectivity index (χ1) is 14.2. The van der Waals surface area contributed by atoms with Crippen molar-refractivity contribution >= 4 is 11.7 Å². The molecule has 0 bridgehead atoms. The third-order valence-corrected chi connectivity index (χ3v) is 5.37. The summed E-state index contributed by atoms with van der Waals surface area (Å²) in [5.74, 6) is -0.369. The number of amides is 1. The number of aliphatic hydroxyl groups excluding tert-OH is 2. The van der Waals surface area contributed by atoms with Crippen LogP contribution in [0.4, 0.5) is 5.82 Å². The first kappa shape index (κ1) is 22.1. The quantitative estimate of drug-likeness (QED) is 0.505. The summed E-state index contributed by atoms with van der Waals surface area (Å²) in [6.45, 7) is 2.57. The van der Waals surface area contributed by atoms with Gasteiger partial charge in [-0.15, -0.1) is 0 Å². The molecule has 2 aromatic rings. The van der Waals surface area contributed by atoms with Crippen molar-refractivity contribution in [1.29, 1.82) is 0 Å². The lowest BCUT2D eigenvalue weighted by Crippen LogP contribution is -2.56. The molecule has 3 rings (SSSR count). The normalized spacial score (nSPS) is 27.1.